The summed E-state index contributed by atoms with van der Waals surface area (Å²) >= 11 is 5.91. The Balaban J connectivity index is 1.44. The molecule has 0 bridgehead atoms. The van der Waals surface area contributed by atoms with E-state index in [0.29, 0.717) is 47.6 Å². The fourth-order valence-electron chi connectivity index (χ4n) is 3.32. The normalized spacial score (nSPS) is 16.4. The molecule has 4 rings (SSSR count). The topological polar surface area (TPSA) is 76.3 Å². The molecule has 6 nitrogen and oxygen atoms in total. The minimum atomic E-state index is -3.47. The summed E-state index contributed by atoms with van der Waals surface area (Å²) in [7, 11) is -3.47. The van der Waals surface area contributed by atoms with E-state index in [2.05, 4.69) is 10.1 Å². The summed E-state index contributed by atoms with van der Waals surface area (Å²) in [5.74, 6) is 1.12. The molecule has 8 heteroatoms. The molecule has 3 aromatic rings. The maximum absolute atomic E-state index is 12.8. The van der Waals surface area contributed by atoms with Gasteiger partial charge in [0.2, 0.25) is 21.7 Å². The Labute approximate surface area is 169 Å². The van der Waals surface area contributed by atoms with Crippen LogP contribution in [0.1, 0.15) is 30.2 Å². The Kier molecular flexibility index (Phi) is 5.23. The maximum atomic E-state index is 12.8. The Morgan fingerprint density at radius 2 is 1.68 bits per heavy atom. The molecule has 0 N–H and O–H groups in total. The van der Waals surface area contributed by atoms with Crippen LogP contribution in [0.2, 0.25) is 5.02 Å². The smallest absolute Gasteiger partial charge is 0.243 e. The molecule has 0 saturated carbocycles. The van der Waals surface area contributed by atoms with Crippen molar-refractivity contribution in [3.8, 4) is 11.4 Å². The summed E-state index contributed by atoms with van der Waals surface area (Å²) in [5, 5.41) is 4.70. The van der Waals surface area contributed by atoms with Gasteiger partial charge >= 0.3 is 0 Å². The molecule has 0 radical (unpaired) electrons. The number of aryl methyl sites for hydroxylation is 1. The van der Waals surface area contributed by atoms with Gasteiger partial charge in [-0.25, -0.2) is 8.42 Å². The van der Waals surface area contributed by atoms with Crippen LogP contribution < -0.4 is 0 Å². The van der Waals surface area contributed by atoms with Crippen molar-refractivity contribution >= 4 is 21.6 Å². The standard InChI is InChI=1S/C20H20ClN3O3S/c1-14-2-8-18(9-3-14)28(25,26)24-12-10-16(11-13-24)20-22-19(23-27-20)15-4-6-17(21)7-5-15/h2-9,16H,10-13H2,1H3. The molecule has 0 unspecified atom stereocenters. The molecule has 0 spiro atoms. The van der Waals surface area contributed by atoms with E-state index in [-0.39, 0.29) is 5.92 Å². The first-order chi connectivity index (χ1) is 13.4. The van der Waals surface area contributed by atoms with Gasteiger partial charge in [-0.05, 0) is 56.2 Å². The van der Waals surface area contributed by atoms with Gasteiger partial charge in [-0.15, -0.1) is 0 Å². The average molecular weight is 418 g/mol. The molecule has 1 fully saturated rings. The first-order valence-electron chi connectivity index (χ1n) is 9.10. The molecule has 0 aliphatic carbocycles. The van der Waals surface area contributed by atoms with Gasteiger partial charge in [-0.1, -0.05) is 34.5 Å². The zero-order valence-corrected chi connectivity index (χ0v) is 16.9. The van der Waals surface area contributed by atoms with Crippen molar-refractivity contribution in [2.24, 2.45) is 0 Å². The number of sulfonamides is 1. The highest BCUT2D eigenvalue weighted by Gasteiger charge is 2.32. The Bertz CT molecular complexity index is 1050. The van der Waals surface area contributed by atoms with E-state index < -0.39 is 10.0 Å². The lowest BCUT2D eigenvalue weighted by molar-refractivity contribution is 0.271. The molecule has 1 aliphatic heterocycles. The van der Waals surface area contributed by atoms with Gasteiger partial charge in [0.1, 0.15) is 0 Å². The summed E-state index contributed by atoms with van der Waals surface area (Å²) in [6.45, 7) is 2.80. The molecule has 1 aliphatic rings. The van der Waals surface area contributed by atoms with Crippen LogP contribution in [-0.4, -0.2) is 36.0 Å². The number of halogens is 1. The second-order valence-corrected chi connectivity index (χ2v) is 9.33. The molecule has 2 aromatic carbocycles. The number of hydrogen-bond donors (Lipinski definition) is 0. The molecule has 0 atom stereocenters. The van der Waals surface area contributed by atoms with E-state index in [4.69, 9.17) is 16.1 Å². The van der Waals surface area contributed by atoms with E-state index in [0.717, 1.165) is 11.1 Å². The first-order valence-corrected chi connectivity index (χ1v) is 10.9. The van der Waals surface area contributed by atoms with Crippen molar-refractivity contribution in [1.82, 2.24) is 14.4 Å². The lowest BCUT2D eigenvalue weighted by Crippen LogP contribution is -2.37. The third-order valence-corrected chi connectivity index (χ3v) is 7.17. The zero-order chi connectivity index (χ0) is 19.7. The first kappa shape index (κ1) is 19.1. The molecule has 146 valence electrons. The van der Waals surface area contributed by atoms with E-state index in [1.165, 1.54) is 4.31 Å². The second-order valence-electron chi connectivity index (χ2n) is 6.95. The van der Waals surface area contributed by atoms with Gasteiger partial charge in [0.15, 0.2) is 0 Å². The molecule has 2 heterocycles. The third-order valence-electron chi connectivity index (χ3n) is 5.01. The summed E-state index contributed by atoms with van der Waals surface area (Å²) < 4.78 is 32.6. The number of aromatic nitrogens is 2. The number of nitrogens with zero attached hydrogens (tertiary/aromatic N) is 3. The van der Waals surface area contributed by atoms with Crippen LogP contribution in [0, 0.1) is 6.92 Å². The second kappa shape index (κ2) is 7.66. The fraction of sp³-hybridized carbons (Fsp3) is 0.300. The quantitative estimate of drug-likeness (QED) is 0.633. The maximum Gasteiger partial charge on any atom is 0.243 e. The lowest BCUT2D eigenvalue weighted by Gasteiger charge is -2.29. The highest BCUT2D eigenvalue weighted by Crippen LogP contribution is 2.31. The number of piperidine rings is 1. The van der Waals surface area contributed by atoms with Crippen LogP contribution in [0.15, 0.2) is 57.9 Å². The molecule has 28 heavy (non-hydrogen) atoms. The third kappa shape index (κ3) is 3.83. The Morgan fingerprint density at radius 3 is 2.32 bits per heavy atom. The van der Waals surface area contributed by atoms with E-state index in [1.807, 2.05) is 31.2 Å². The van der Waals surface area contributed by atoms with Crippen LogP contribution in [0.4, 0.5) is 0 Å². The molecular formula is C20H20ClN3O3S. The summed E-state index contributed by atoms with van der Waals surface area (Å²) in [6, 6.07) is 14.2. The Hall–Kier alpha value is -2.22. The summed E-state index contributed by atoms with van der Waals surface area (Å²) in [5.41, 5.74) is 1.87. The van der Waals surface area contributed by atoms with Gasteiger partial charge in [0, 0.05) is 29.6 Å². The summed E-state index contributed by atoms with van der Waals surface area (Å²) in [4.78, 5) is 4.83. The minimum absolute atomic E-state index is 0.0537. The van der Waals surface area contributed by atoms with E-state index in [9.17, 15) is 8.42 Å². The minimum Gasteiger partial charge on any atom is -0.339 e. The lowest BCUT2D eigenvalue weighted by atomic mass is 9.98. The van der Waals surface area contributed by atoms with Gasteiger partial charge in [0.25, 0.3) is 0 Å². The monoisotopic (exact) mass is 417 g/mol. The molecule has 1 saturated heterocycles. The van der Waals surface area contributed by atoms with Crippen molar-refractivity contribution in [2.45, 2.75) is 30.6 Å². The van der Waals surface area contributed by atoms with Crippen LogP contribution in [0.5, 0.6) is 0 Å². The predicted octanol–water partition coefficient (Wildman–Crippen LogP) is 4.27. The highest BCUT2D eigenvalue weighted by molar-refractivity contribution is 7.89. The number of rotatable bonds is 4. The summed E-state index contributed by atoms with van der Waals surface area (Å²) in [6.07, 6.45) is 1.29. The average Bonchev–Trinajstić information content (AvgIpc) is 3.19. The van der Waals surface area contributed by atoms with E-state index in [1.54, 1.807) is 24.3 Å². The van der Waals surface area contributed by atoms with E-state index >= 15 is 0 Å². The van der Waals surface area contributed by atoms with Gasteiger partial charge in [-0.3, -0.25) is 0 Å². The van der Waals surface area contributed by atoms with Crippen molar-refractivity contribution < 1.29 is 12.9 Å². The largest absolute Gasteiger partial charge is 0.339 e. The van der Waals surface area contributed by atoms with Crippen LogP contribution in [0.25, 0.3) is 11.4 Å². The fourth-order valence-corrected chi connectivity index (χ4v) is 4.92. The van der Waals surface area contributed by atoms with Crippen molar-refractivity contribution in [1.29, 1.82) is 0 Å². The SMILES string of the molecule is Cc1ccc(S(=O)(=O)N2CCC(c3nc(-c4ccc(Cl)cc4)no3)CC2)cc1. The molecule has 1 aromatic heterocycles. The number of benzene rings is 2. The molecular weight excluding hydrogens is 398 g/mol. The van der Waals surface area contributed by atoms with Gasteiger partial charge in [-0.2, -0.15) is 9.29 Å². The number of hydrogen-bond acceptors (Lipinski definition) is 5. The van der Waals surface area contributed by atoms with Crippen molar-refractivity contribution in [3.63, 3.8) is 0 Å². The van der Waals surface area contributed by atoms with Crippen molar-refractivity contribution in [3.05, 3.63) is 65.0 Å². The van der Waals surface area contributed by atoms with Crippen molar-refractivity contribution in [2.75, 3.05) is 13.1 Å². The van der Waals surface area contributed by atoms with Crippen LogP contribution in [-0.2, 0) is 10.0 Å². The van der Waals surface area contributed by atoms with Gasteiger partial charge in [0.05, 0.1) is 4.90 Å². The Morgan fingerprint density at radius 1 is 1.04 bits per heavy atom. The van der Waals surface area contributed by atoms with Crippen LogP contribution >= 0.6 is 11.6 Å². The van der Waals surface area contributed by atoms with Crippen LogP contribution in [0.3, 0.4) is 0 Å². The highest BCUT2D eigenvalue weighted by atomic mass is 35.5. The molecule has 0 amide bonds. The zero-order valence-electron chi connectivity index (χ0n) is 15.4. The van der Waals surface area contributed by atoms with Gasteiger partial charge < -0.3 is 4.52 Å². The predicted molar refractivity (Wildman–Crippen MR) is 107 cm³/mol.